The second kappa shape index (κ2) is 4.92. The third kappa shape index (κ3) is 2.68. The summed E-state index contributed by atoms with van der Waals surface area (Å²) in [7, 11) is 0. The molecule has 1 N–H and O–H groups in total. The van der Waals surface area contributed by atoms with Gasteiger partial charge < -0.3 is 14.7 Å². The highest BCUT2D eigenvalue weighted by molar-refractivity contribution is 9.10. The number of aliphatic hydroxyl groups excluding tert-OH is 1. The first kappa shape index (κ1) is 10.9. The average molecular weight is 273 g/mol. The molecular formula is C10H13BrN2O2. The van der Waals surface area contributed by atoms with E-state index < -0.39 is 0 Å². The lowest BCUT2D eigenvalue weighted by atomic mass is 10.2. The maximum atomic E-state index is 9.09. The largest absolute Gasteiger partial charge is 0.392 e. The Morgan fingerprint density at radius 3 is 2.80 bits per heavy atom. The van der Waals surface area contributed by atoms with Gasteiger partial charge in [0.15, 0.2) is 0 Å². The summed E-state index contributed by atoms with van der Waals surface area (Å²) in [6, 6.07) is 3.74. The summed E-state index contributed by atoms with van der Waals surface area (Å²) < 4.78 is 6.04. The summed E-state index contributed by atoms with van der Waals surface area (Å²) in [4.78, 5) is 6.54. The normalized spacial score (nSPS) is 16.8. The first-order chi connectivity index (χ1) is 7.29. The average Bonchev–Trinajstić information content (AvgIpc) is 2.29. The van der Waals surface area contributed by atoms with E-state index in [9.17, 15) is 0 Å². The van der Waals surface area contributed by atoms with Gasteiger partial charge in [-0.1, -0.05) is 0 Å². The van der Waals surface area contributed by atoms with Crippen molar-refractivity contribution in [3.05, 3.63) is 22.3 Å². The number of morpholine rings is 1. The summed E-state index contributed by atoms with van der Waals surface area (Å²) in [5.74, 6) is 0.900. The second-order valence-electron chi connectivity index (χ2n) is 3.41. The topological polar surface area (TPSA) is 45.6 Å². The van der Waals surface area contributed by atoms with Gasteiger partial charge in [-0.05, 0) is 33.6 Å². The van der Waals surface area contributed by atoms with Crippen LogP contribution in [-0.4, -0.2) is 36.4 Å². The van der Waals surface area contributed by atoms with Gasteiger partial charge in [0.2, 0.25) is 0 Å². The van der Waals surface area contributed by atoms with Crippen molar-refractivity contribution in [3.63, 3.8) is 0 Å². The molecule has 1 aromatic heterocycles. The number of halogens is 1. The molecule has 82 valence electrons. The number of hydrogen-bond donors (Lipinski definition) is 1. The number of hydrogen-bond acceptors (Lipinski definition) is 4. The van der Waals surface area contributed by atoms with Crippen LogP contribution in [0.4, 0.5) is 5.82 Å². The fraction of sp³-hybridized carbons (Fsp3) is 0.500. The Morgan fingerprint density at radius 2 is 2.13 bits per heavy atom. The fourth-order valence-electron chi connectivity index (χ4n) is 1.58. The third-order valence-corrected chi connectivity index (χ3v) is 2.76. The zero-order chi connectivity index (χ0) is 10.7. The molecule has 1 aliphatic heterocycles. The van der Waals surface area contributed by atoms with Crippen LogP contribution in [0.5, 0.6) is 0 Å². The summed E-state index contributed by atoms with van der Waals surface area (Å²) in [5, 5.41) is 9.09. The van der Waals surface area contributed by atoms with Crippen LogP contribution < -0.4 is 4.90 Å². The standard InChI is InChI=1S/C10H13BrN2O2/c11-9-5-8(7-14)6-10(12-9)13-1-3-15-4-2-13/h5-6,14H,1-4,7H2. The minimum absolute atomic E-state index is 0.0401. The zero-order valence-corrected chi connectivity index (χ0v) is 9.90. The van der Waals surface area contributed by atoms with E-state index in [4.69, 9.17) is 9.84 Å². The van der Waals surface area contributed by atoms with Crippen molar-refractivity contribution < 1.29 is 9.84 Å². The number of rotatable bonds is 2. The molecule has 1 fully saturated rings. The summed E-state index contributed by atoms with van der Waals surface area (Å²) in [6.45, 7) is 3.23. The molecule has 2 rings (SSSR count). The summed E-state index contributed by atoms with van der Waals surface area (Å²) in [6.07, 6.45) is 0. The van der Waals surface area contributed by atoms with Gasteiger partial charge in [-0.25, -0.2) is 4.98 Å². The van der Waals surface area contributed by atoms with Gasteiger partial charge in [0, 0.05) is 13.1 Å². The van der Waals surface area contributed by atoms with Gasteiger partial charge in [0.1, 0.15) is 10.4 Å². The molecule has 0 saturated carbocycles. The SMILES string of the molecule is OCc1cc(Br)nc(N2CCOCC2)c1. The molecule has 0 bridgehead atoms. The van der Waals surface area contributed by atoms with Crippen molar-refractivity contribution in [2.75, 3.05) is 31.2 Å². The number of nitrogens with zero attached hydrogens (tertiary/aromatic N) is 2. The van der Waals surface area contributed by atoms with Crippen LogP contribution in [0.25, 0.3) is 0 Å². The number of anilines is 1. The van der Waals surface area contributed by atoms with E-state index in [2.05, 4.69) is 25.8 Å². The van der Waals surface area contributed by atoms with E-state index in [-0.39, 0.29) is 6.61 Å². The van der Waals surface area contributed by atoms with E-state index in [1.807, 2.05) is 12.1 Å². The van der Waals surface area contributed by atoms with Crippen LogP contribution in [0.3, 0.4) is 0 Å². The van der Waals surface area contributed by atoms with Gasteiger partial charge >= 0.3 is 0 Å². The highest BCUT2D eigenvalue weighted by atomic mass is 79.9. The smallest absolute Gasteiger partial charge is 0.130 e. The maximum absolute atomic E-state index is 9.09. The number of ether oxygens (including phenoxy) is 1. The van der Waals surface area contributed by atoms with Crippen LogP contribution >= 0.6 is 15.9 Å². The molecule has 0 unspecified atom stereocenters. The van der Waals surface area contributed by atoms with Crippen molar-refractivity contribution in [3.8, 4) is 0 Å². The molecule has 1 saturated heterocycles. The molecule has 0 aliphatic carbocycles. The first-order valence-corrected chi connectivity index (χ1v) is 5.69. The van der Waals surface area contributed by atoms with Crippen molar-refractivity contribution >= 4 is 21.7 Å². The second-order valence-corrected chi connectivity index (χ2v) is 4.23. The molecule has 4 nitrogen and oxygen atoms in total. The third-order valence-electron chi connectivity index (χ3n) is 2.36. The highest BCUT2D eigenvalue weighted by Gasteiger charge is 2.13. The molecule has 5 heteroatoms. The minimum atomic E-state index is 0.0401. The van der Waals surface area contributed by atoms with E-state index in [1.54, 1.807) is 0 Å². The molecule has 1 aromatic rings. The molecule has 0 aromatic carbocycles. The van der Waals surface area contributed by atoms with E-state index in [0.29, 0.717) is 0 Å². The predicted molar refractivity (Wildman–Crippen MR) is 60.9 cm³/mol. The molecule has 0 amide bonds. The van der Waals surface area contributed by atoms with E-state index >= 15 is 0 Å². The Bertz CT molecular complexity index is 340. The van der Waals surface area contributed by atoms with Crippen LogP contribution in [0.15, 0.2) is 16.7 Å². The van der Waals surface area contributed by atoms with Crippen LogP contribution in [0.2, 0.25) is 0 Å². The molecule has 1 aliphatic rings. The van der Waals surface area contributed by atoms with Crippen molar-refractivity contribution in [2.45, 2.75) is 6.61 Å². The Balaban J connectivity index is 2.22. The Hall–Kier alpha value is -0.650. The van der Waals surface area contributed by atoms with Crippen LogP contribution in [0, 0.1) is 0 Å². The van der Waals surface area contributed by atoms with Gasteiger partial charge in [0.25, 0.3) is 0 Å². The van der Waals surface area contributed by atoms with Crippen molar-refractivity contribution in [1.82, 2.24) is 4.98 Å². The van der Waals surface area contributed by atoms with Crippen LogP contribution in [-0.2, 0) is 11.3 Å². The lowest BCUT2D eigenvalue weighted by Gasteiger charge is -2.28. The maximum Gasteiger partial charge on any atom is 0.130 e. The van der Waals surface area contributed by atoms with Gasteiger partial charge in [-0.3, -0.25) is 0 Å². The first-order valence-electron chi connectivity index (χ1n) is 4.89. The lowest BCUT2D eigenvalue weighted by molar-refractivity contribution is 0.122. The van der Waals surface area contributed by atoms with Gasteiger partial charge in [0.05, 0.1) is 19.8 Å². The highest BCUT2D eigenvalue weighted by Crippen LogP contribution is 2.19. The number of pyridine rings is 1. The van der Waals surface area contributed by atoms with E-state index in [0.717, 1.165) is 42.3 Å². The Kier molecular flexibility index (Phi) is 3.56. The predicted octanol–water partition coefficient (Wildman–Crippen LogP) is 1.17. The molecule has 2 heterocycles. The monoisotopic (exact) mass is 272 g/mol. The Morgan fingerprint density at radius 1 is 1.40 bits per heavy atom. The van der Waals surface area contributed by atoms with E-state index in [1.165, 1.54) is 0 Å². The van der Waals surface area contributed by atoms with Gasteiger partial charge in [-0.2, -0.15) is 0 Å². The van der Waals surface area contributed by atoms with Crippen molar-refractivity contribution in [1.29, 1.82) is 0 Å². The Labute approximate surface area is 97.0 Å². The number of aromatic nitrogens is 1. The van der Waals surface area contributed by atoms with Crippen LogP contribution in [0.1, 0.15) is 5.56 Å². The molecule has 0 atom stereocenters. The van der Waals surface area contributed by atoms with Gasteiger partial charge in [-0.15, -0.1) is 0 Å². The summed E-state index contributed by atoms with van der Waals surface area (Å²) >= 11 is 3.34. The fourth-order valence-corrected chi connectivity index (χ4v) is 2.06. The zero-order valence-electron chi connectivity index (χ0n) is 8.32. The molecule has 0 radical (unpaired) electrons. The quantitative estimate of drug-likeness (QED) is 0.822. The molecule has 0 spiro atoms. The number of aliphatic hydroxyl groups is 1. The molecule has 15 heavy (non-hydrogen) atoms. The minimum Gasteiger partial charge on any atom is -0.392 e. The summed E-state index contributed by atoms with van der Waals surface area (Å²) in [5.41, 5.74) is 0.873. The lowest BCUT2D eigenvalue weighted by Crippen LogP contribution is -2.36. The molecular weight excluding hydrogens is 260 g/mol. The van der Waals surface area contributed by atoms with Crippen molar-refractivity contribution in [2.24, 2.45) is 0 Å².